The Morgan fingerprint density at radius 3 is 2.60 bits per heavy atom. The predicted molar refractivity (Wildman–Crippen MR) is 79.4 cm³/mol. The van der Waals surface area contributed by atoms with E-state index < -0.39 is 9.84 Å². The Morgan fingerprint density at radius 1 is 1.15 bits per heavy atom. The monoisotopic (exact) mass is 294 g/mol. The van der Waals surface area contributed by atoms with Crippen molar-refractivity contribution in [1.29, 1.82) is 0 Å². The summed E-state index contributed by atoms with van der Waals surface area (Å²) in [4.78, 5) is 5.49. The van der Waals surface area contributed by atoms with Gasteiger partial charge in [-0.3, -0.25) is 9.80 Å². The van der Waals surface area contributed by atoms with Crippen LogP contribution in [0.25, 0.3) is 0 Å². The Kier molecular flexibility index (Phi) is 3.84. The van der Waals surface area contributed by atoms with Crippen molar-refractivity contribution in [1.82, 2.24) is 9.80 Å². The van der Waals surface area contributed by atoms with Crippen molar-refractivity contribution in [2.24, 2.45) is 0 Å². The van der Waals surface area contributed by atoms with Gasteiger partial charge in [0, 0.05) is 38.5 Å². The lowest BCUT2D eigenvalue weighted by atomic mass is 10.1. The number of fused-ring (bicyclic) bond motifs is 1. The molecule has 110 valence electrons. The molecule has 2 aliphatic heterocycles. The highest BCUT2D eigenvalue weighted by Gasteiger charge is 2.30. The van der Waals surface area contributed by atoms with Crippen LogP contribution in [0.2, 0.25) is 0 Å². The lowest BCUT2D eigenvalue weighted by molar-refractivity contribution is 0.0994. The Balaban J connectivity index is 1.63. The highest BCUT2D eigenvalue weighted by molar-refractivity contribution is 7.90. The summed E-state index contributed by atoms with van der Waals surface area (Å²) in [6, 6.07) is 8.06. The van der Waals surface area contributed by atoms with Crippen LogP contribution in [0, 0.1) is 0 Å². The van der Waals surface area contributed by atoms with E-state index in [-0.39, 0.29) is 0 Å². The minimum atomic E-state index is -3.08. The summed E-state index contributed by atoms with van der Waals surface area (Å²) in [5, 5.41) is 0. The van der Waals surface area contributed by atoms with E-state index in [0.29, 0.717) is 4.90 Å². The maximum Gasteiger partial charge on any atom is 0.175 e. The minimum absolute atomic E-state index is 0.405. The topological polar surface area (TPSA) is 40.6 Å². The predicted octanol–water partition coefficient (Wildman–Crippen LogP) is 1.37. The molecular weight excluding hydrogens is 272 g/mol. The van der Waals surface area contributed by atoms with Crippen LogP contribution in [0.15, 0.2) is 29.2 Å². The van der Waals surface area contributed by atoms with Gasteiger partial charge in [-0.15, -0.1) is 0 Å². The minimum Gasteiger partial charge on any atom is -0.298 e. The molecule has 1 atom stereocenters. The standard InChI is InChI=1S/C15H22N2O2S/c1-20(18,19)15-6-4-13(5-7-15)11-16-9-10-17-8-2-3-14(17)12-16/h4-7,14H,2-3,8-12H2,1H3/t14-/m1/s1. The summed E-state index contributed by atoms with van der Waals surface area (Å²) in [6.07, 6.45) is 3.91. The van der Waals surface area contributed by atoms with Crippen molar-refractivity contribution in [2.45, 2.75) is 30.3 Å². The summed E-state index contributed by atoms with van der Waals surface area (Å²) in [7, 11) is -3.08. The second-order valence-electron chi connectivity index (χ2n) is 5.98. The van der Waals surface area contributed by atoms with E-state index in [9.17, 15) is 8.42 Å². The van der Waals surface area contributed by atoms with Crippen LogP contribution in [0.3, 0.4) is 0 Å². The highest BCUT2D eigenvalue weighted by Crippen LogP contribution is 2.22. The van der Waals surface area contributed by atoms with Gasteiger partial charge in [-0.25, -0.2) is 8.42 Å². The summed E-state index contributed by atoms with van der Waals surface area (Å²) >= 11 is 0. The molecule has 0 aromatic heterocycles. The zero-order valence-corrected chi connectivity index (χ0v) is 12.8. The van der Waals surface area contributed by atoms with Gasteiger partial charge in [0.25, 0.3) is 0 Å². The summed E-state index contributed by atoms with van der Waals surface area (Å²) < 4.78 is 22.9. The SMILES string of the molecule is CS(=O)(=O)c1ccc(CN2CCN3CCC[C@@H]3C2)cc1. The molecule has 0 saturated carbocycles. The van der Waals surface area contributed by atoms with Crippen LogP contribution < -0.4 is 0 Å². The van der Waals surface area contributed by atoms with Crippen LogP contribution in [-0.2, 0) is 16.4 Å². The van der Waals surface area contributed by atoms with Gasteiger partial charge in [-0.2, -0.15) is 0 Å². The molecular formula is C15H22N2O2S. The number of hydrogen-bond acceptors (Lipinski definition) is 4. The summed E-state index contributed by atoms with van der Waals surface area (Å²) in [5.41, 5.74) is 1.20. The van der Waals surface area contributed by atoms with Crippen LogP contribution in [0.1, 0.15) is 18.4 Å². The van der Waals surface area contributed by atoms with Gasteiger partial charge in [-0.1, -0.05) is 12.1 Å². The first kappa shape index (κ1) is 14.0. The van der Waals surface area contributed by atoms with E-state index >= 15 is 0 Å². The molecule has 5 heteroatoms. The van der Waals surface area contributed by atoms with Crippen LogP contribution in [-0.4, -0.2) is 56.7 Å². The second-order valence-corrected chi connectivity index (χ2v) is 8.00. The average Bonchev–Trinajstić information content (AvgIpc) is 2.86. The number of piperazine rings is 1. The van der Waals surface area contributed by atoms with Gasteiger partial charge < -0.3 is 0 Å². The van der Waals surface area contributed by atoms with E-state index in [1.54, 1.807) is 12.1 Å². The maximum absolute atomic E-state index is 11.4. The molecule has 1 aromatic rings. The zero-order chi connectivity index (χ0) is 14.2. The summed E-state index contributed by atoms with van der Waals surface area (Å²) in [6.45, 7) is 5.63. The van der Waals surface area contributed by atoms with Crippen LogP contribution >= 0.6 is 0 Å². The third kappa shape index (κ3) is 3.05. The maximum atomic E-state index is 11.4. The molecule has 20 heavy (non-hydrogen) atoms. The fourth-order valence-corrected chi connectivity index (χ4v) is 3.93. The van der Waals surface area contributed by atoms with E-state index in [0.717, 1.165) is 25.7 Å². The molecule has 2 fully saturated rings. The smallest absolute Gasteiger partial charge is 0.175 e. The Labute approximate surface area is 121 Å². The van der Waals surface area contributed by atoms with Crippen molar-refractivity contribution in [2.75, 3.05) is 32.4 Å². The molecule has 3 rings (SSSR count). The highest BCUT2D eigenvalue weighted by atomic mass is 32.2. The van der Waals surface area contributed by atoms with Crippen molar-refractivity contribution < 1.29 is 8.42 Å². The molecule has 0 N–H and O–H groups in total. The number of benzene rings is 1. The lowest BCUT2D eigenvalue weighted by Crippen LogP contribution is -2.49. The molecule has 0 spiro atoms. The lowest BCUT2D eigenvalue weighted by Gasteiger charge is -2.37. The third-order valence-corrected chi connectivity index (χ3v) is 5.56. The Hall–Kier alpha value is -0.910. The van der Waals surface area contributed by atoms with Gasteiger partial charge in [0.2, 0.25) is 0 Å². The molecule has 2 saturated heterocycles. The van der Waals surface area contributed by atoms with Gasteiger partial charge in [0.1, 0.15) is 0 Å². The van der Waals surface area contributed by atoms with E-state index in [4.69, 9.17) is 0 Å². The second kappa shape index (κ2) is 5.47. The average molecular weight is 294 g/mol. The first-order valence-corrected chi connectivity index (χ1v) is 9.17. The van der Waals surface area contributed by atoms with Crippen LogP contribution in [0.5, 0.6) is 0 Å². The first-order valence-electron chi connectivity index (χ1n) is 7.28. The first-order chi connectivity index (χ1) is 9.52. The van der Waals surface area contributed by atoms with Crippen molar-refractivity contribution >= 4 is 9.84 Å². The summed E-state index contributed by atoms with van der Waals surface area (Å²) in [5.74, 6) is 0. The number of rotatable bonds is 3. The zero-order valence-electron chi connectivity index (χ0n) is 12.0. The van der Waals surface area contributed by atoms with Gasteiger partial charge in [0.15, 0.2) is 9.84 Å². The number of nitrogens with zero attached hydrogens (tertiary/aromatic N) is 2. The molecule has 0 aliphatic carbocycles. The molecule has 0 radical (unpaired) electrons. The molecule has 1 aromatic carbocycles. The largest absolute Gasteiger partial charge is 0.298 e. The van der Waals surface area contributed by atoms with Crippen molar-refractivity contribution in [3.63, 3.8) is 0 Å². The van der Waals surface area contributed by atoms with Gasteiger partial charge in [0.05, 0.1) is 4.90 Å². The molecule has 0 amide bonds. The fraction of sp³-hybridized carbons (Fsp3) is 0.600. The molecule has 0 bridgehead atoms. The number of sulfone groups is 1. The molecule has 2 heterocycles. The van der Waals surface area contributed by atoms with Gasteiger partial charge in [-0.05, 0) is 37.1 Å². The van der Waals surface area contributed by atoms with Crippen molar-refractivity contribution in [3.05, 3.63) is 29.8 Å². The third-order valence-electron chi connectivity index (χ3n) is 4.43. The van der Waals surface area contributed by atoms with Gasteiger partial charge >= 0.3 is 0 Å². The van der Waals surface area contributed by atoms with Crippen molar-refractivity contribution in [3.8, 4) is 0 Å². The quantitative estimate of drug-likeness (QED) is 0.844. The normalized spacial score (nSPS) is 24.8. The van der Waals surface area contributed by atoms with E-state index in [1.807, 2.05) is 12.1 Å². The molecule has 4 nitrogen and oxygen atoms in total. The molecule has 0 unspecified atom stereocenters. The molecule has 2 aliphatic rings. The number of hydrogen-bond donors (Lipinski definition) is 0. The Bertz CT molecular complexity index is 568. The fourth-order valence-electron chi connectivity index (χ4n) is 3.30. The van der Waals surface area contributed by atoms with E-state index in [2.05, 4.69) is 9.80 Å². The Morgan fingerprint density at radius 2 is 1.90 bits per heavy atom. The van der Waals surface area contributed by atoms with Crippen LogP contribution in [0.4, 0.5) is 0 Å². The van der Waals surface area contributed by atoms with E-state index in [1.165, 1.54) is 37.8 Å².